The number of carbonyl (C=O) groups is 1. The predicted molar refractivity (Wildman–Crippen MR) is 140 cm³/mol. The molecule has 210 valence electrons. The van der Waals surface area contributed by atoms with Crippen molar-refractivity contribution < 1.29 is 35.5 Å². The highest BCUT2D eigenvalue weighted by Crippen LogP contribution is 2.42. The van der Waals surface area contributed by atoms with Crippen LogP contribution in [0.15, 0.2) is 59.8 Å². The first-order valence-corrected chi connectivity index (χ1v) is 13.5. The van der Waals surface area contributed by atoms with Gasteiger partial charge >= 0.3 is 12.2 Å². The average Bonchev–Trinajstić information content (AvgIpc) is 3.41. The molecule has 0 bridgehead atoms. The maximum atomic E-state index is 13.8. The smallest absolute Gasteiger partial charge is 0.419 e. The van der Waals surface area contributed by atoms with E-state index in [-0.39, 0.29) is 44.1 Å². The van der Waals surface area contributed by atoms with Gasteiger partial charge < -0.3 is 10.1 Å². The lowest BCUT2D eigenvalue weighted by molar-refractivity contribution is -0.139. The second-order valence-electron chi connectivity index (χ2n) is 7.84. The fourth-order valence-electron chi connectivity index (χ4n) is 3.53. The Balaban J connectivity index is 1.76. The van der Waals surface area contributed by atoms with Crippen molar-refractivity contribution in [1.29, 1.82) is 0 Å². The number of ether oxygens (including phenoxy) is 1. The molecule has 0 spiro atoms. The maximum Gasteiger partial charge on any atom is 0.419 e. The highest BCUT2D eigenvalue weighted by Gasteiger charge is 2.34. The van der Waals surface area contributed by atoms with Crippen LogP contribution in [0.2, 0.25) is 5.02 Å². The van der Waals surface area contributed by atoms with Gasteiger partial charge in [-0.25, -0.2) is 27.5 Å². The number of aromatic nitrogens is 3. The maximum absolute atomic E-state index is 13.8. The van der Waals surface area contributed by atoms with Gasteiger partial charge in [0.1, 0.15) is 22.3 Å². The van der Waals surface area contributed by atoms with Crippen molar-refractivity contribution in [2.24, 2.45) is 0 Å². The molecule has 0 saturated carbocycles. The number of urea groups is 1. The number of pyridine rings is 1. The van der Waals surface area contributed by atoms with Crippen LogP contribution in [0.25, 0.3) is 11.1 Å². The molecule has 4 aromatic rings. The Morgan fingerprint density at radius 3 is 2.45 bits per heavy atom. The van der Waals surface area contributed by atoms with E-state index in [4.69, 9.17) is 16.3 Å². The third-order valence-electron chi connectivity index (χ3n) is 5.37. The standard InChI is InChI=1S/C23H17ClF4N6O4S2/c1-29-22(35)34(21-6-4-13(10-30-21)40(36,37)33-20-11-31-39-32-20)18-9-16(24)14(8-19(18)38-2)12-3-5-17(25)15(7-12)23(26,27)28/h3-11H,1-2H3,(H,29,35)(H,32,33). The minimum Gasteiger partial charge on any atom is -0.495 e. The number of amides is 2. The van der Waals surface area contributed by atoms with Gasteiger partial charge in [-0.05, 0) is 42.0 Å². The van der Waals surface area contributed by atoms with E-state index in [1.165, 1.54) is 44.6 Å². The average molecular weight is 617 g/mol. The van der Waals surface area contributed by atoms with E-state index in [9.17, 15) is 30.8 Å². The molecule has 2 aromatic heterocycles. The summed E-state index contributed by atoms with van der Waals surface area (Å²) in [6, 6.07) is 6.67. The quantitative estimate of drug-likeness (QED) is 0.255. The van der Waals surface area contributed by atoms with E-state index in [2.05, 4.69) is 23.8 Å². The summed E-state index contributed by atoms with van der Waals surface area (Å²) in [6.45, 7) is 0. The van der Waals surface area contributed by atoms with Crippen LogP contribution < -0.4 is 19.7 Å². The highest BCUT2D eigenvalue weighted by atomic mass is 35.5. The normalized spacial score (nSPS) is 11.7. The van der Waals surface area contributed by atoms with Crippen molar-refractivity contribution in [2.75, 3.05) is 23.8 Å². The van der Waals surface area contributed by atoms with Gasteiger partial charge in [-0.15, -0.1) is 0 Å². The molecule has 0 aliphatic carbocycles. The zero-order valence-corrected chi connectivity index (χ0v) is 22.7. The molecule has 2 aromatic carbocycles. The number of methoxy groups -OCH3 is 1. The first-order valence-electron chi connectivity index (χ1n) is 10.9. The van der Waals surface area contributed by atoms with Crippen LogP contribution in [0, 0.1) is 5.82 Å². The monoisotopic (exact) mass is 616 g/mol. The van der Waals surface area contributed by atoms with Crippen LogP contribution in [-0.4, -0.2) is 42.3 Å². The minimum atomic E-state index is -4.94. The molecule has 0 radical (unpaired) electrons. The molecule has 0 atom stereocenters. The number of carbonyl (C=O) groups excluding carboxylic acids is 1. The van der Waals surface area contributed by atoms with Crippen LogP contribution >= 0.6 is 23.3 Å². The summed E-state index contributed by atoms with van der Waals surface area (Å²) in [6.07, 6.45) is -2.70. The molecule has 0 unspecified atom stereocenters. The van der Waals surface area contributed by atoms with Gasteiger partial charge in [-0.2, -0.15) is 21.9 Å². The van der Waals surface area contributed by atoms with E-state index in [0.29, 0.717) is 12.1 Å². The Bertz CT molecular complexity index is 1650. The van der Waals surface area contributed by atoms with Gasteiger partial charge in [0.2, 0.25) is 0 Å². The molecule has 2 N–H and O–H groups in total. The molecule has 0 fully saturated rings. The first-order chi connectivity index (χ1) is 18.9. The molecule has 2 heterocycles. The van der Waals surface area contributed by atoms with Crippen molar-refractivity contribution in [1.82, 2.24) is 19.0 Å². The minimum absolute atomic E-state index is 0.00270. The van der Waals surface area contributed by atoms with E-state index in [1.54, 1.807) is 0 Å². The molecule has 10 nitrogen and oxygen atoms in total. The number of hydrogen-bond acceptors (Lipinski definition) is 8. The zero-order chi connectivity index (χ0) is 29.2. The van der Waals surface area contributed by atoms with Gasteiger partial charge in [0.15, 0.2) is 5.82 Å². The number of hydrogen-bond donors (Lipinski definition) is 2. The summed E-state index contributed by atoms with van der Waals surface area (Å²) in [4.78, 5) is 17.8. The molecule has 4 rings (SSSR count). The van der Waals surface area contributed by atoms with E-state index >= 15 is 0 Å². The van der Waals surface area contributed by atoms with Gasteiger partial charge in [0.05, 0.1) is 41.3 Å². The molecular weight excluding hydrogens is 600 g/mol. The van der Waals surface area contributed by atoms with E-state index < -0.39 is 33.6 Å². The Labute approximate surface area is 234 Å². The fraction of sp³-hybridized carbons (Fsp3) is 0.130. The third-order valence-corrected chi connectivity index (χ3v) is 7.50. The topological polar surface area (TPSA) is 126 Å². The van der Waals surface area contributed by atoms with Gasteiger partial charge in [-0.1, -0.05) is 17.7 Å². The summed E-state index contributed by atoms with van der Waals surface area (Å²) in [7, 11) is -1.48. The largest absolute Gasteiger partial charge is 0.495 e. The molecule has 40 heavy (non-hydrogen) atoms. The molecule has 0 saturated heterocycles. The number of anilines is 3. The molecular formula is C23H17ClF4N6O4S2. The second-order valence-corrected chi connectivity index (χ2v) is 10.5. The SMILES string of the molecule is CNC(=O)N(c1ccc(S(=O)(=O)Nc2cnsn2)cn1)c1cc(Cl)c(-c2ccc(F)c(C(F)(F)F)c2)cc1OC. The van der Waals surface area contributed by atoms with Gasteiger partial charge in [-0.3, -0.25) is 4.72 Å². The van der Waals surface area contributed by atoms with Crippen LogP contribution in [0.5, 0.6) is 5.75 Å². The first kappa shape index (κ1) is 29.0. The molecule has 0 aliphatic rings. The number of nitrogens with one attached hydrogen (secondary N) is 2. The number of benzene rings is 2. The van der Waals surface area contributed by atoms with Crippen LogP contribution in [0.1, 0.15) is 5.56 Å². The molecule has 17 heteroatoms. The number of halogens is 5. The summed E-state index contributed by atoms with van der Waals surface area (Å²) >= 11 is 7.23. The number of sulfonamides is 1. The lowest BCUT2D eigenvalue weighted by Crippen LogP contribution is -2.35. The second kappa shape index (κ2) is 11.2. The number of alkyl halides is 3. The Hall–Kier alpha value is -4.02. The lowest BCUT2D eigenvalue weighted by Gasteiger charge is -2.24. The van der Waals surface area contributed by atoms with E-state index in [1.807, 2.05) is 0 Å². The van der Waals surface area contributed by atoms with Crippen LogP contribution in [-0.2, 0) is 16.2 Å². The summed E-state index contributed by atoms with van der Waals surface area (Å²) in [5.41, 5.74) is -1.42. The number of nitrogens with zero attached hydrogens (tertiary/aromatic N) is 4. The lowest BCUT2D eigenvalue weighted by atomic mass is 10.0. The van der Waals surface area contributed by atoms with Crippen LogP contribution in [0.4, 0.5) is 39.7 Å². The van der Waals surface area contributed by atoms with Crippen molar-refractivity contribution in [3.63, 3.8) is 0 Å². The Kier molecular flexibility index (Phi) is 8.13. The number of rotatable bonds is 7. The van der Waals surface area contributed by atoms with Gasteiger partial charge in [0.25, 0.3) is 10.0 Å². The molecule has 2 amide bonds. The third kappa shape index (κ3) is 5.93. The Morgan fingerprint density at radius 1 is 1.12 bits per heavy atom. The van der Waals surface area contributed by atoms with E-state index in [0.717, 1.165) is 28.9 Å². The Morgan fingerprint density at radius 2 is 1.88 bits per heavy atom. The highest BCUT2D eigenvalue weighted by molar-refractivity contribution is 7.92. The van der Waals surface area contributed by atoms with Crippen molar-refractivity contribution >= 4 is 56.7 Å². The van der Waals surface area contributed by atoms with Crippen molar-refractivity contribution in [2.45, 2.75) is 11.1 Å². The zero-order valence-electron chi connectivity index (χ0n) is 20.3. The summed E-state index contributed by atoms with van der Waals surface area (Å²) in [5.74, 6) is -1.48. The van der Waals surface area contributed by atoms with Gasteiger partial charge in [0, 0.05) is 18.8 Å². The summed E-state index contributed by atoms with van der Waals surface area (Å²) in [5, 5.41) is 2.33. The molecule has 0 aliphatic heterocycles. The summed E-state index contributed by atoms with van der Waals surface area (Å²) < 4.78 is 94.0. The fourth-order valence-corrected chi connectivity index (χ4v) is 5.16. The van der Waals surface area contributed by atoms with Crippen molar-refractivity contribution in [3.8, 4) is 16.9 Å². The van der Waals surface area contributed by atoms with Crippen molar-refractivity contribution in [3.05, 3.63) is 71.3 Å². The van der Waals surface area contributed by atoms with Crippen LogP contribution in [0.3, 0.4) is 0 Å². The predicted octanol–water partition coefficient (Wildman–Crippen LogP) is 5.70.